The van der Waals surface area contributed by atoms with Crippen LogP contribution in [0.5, 0.6) is 0 Å². The second-order valence-electron chi connectivity index (χ2n) is 2.84. The van der Waals surface area contributed by atoms with Gasteiger partial charge in [0.15, 0.2) is 5.11 Å². The van der Waals surface area contributed by atoms with Crippen molar-refractivity contribution in [3.63, 3.8) is 0 Å². The molecular formula is C10H11BrN2OS. The average Bonchev–Trinajstić information content (AvgIpc) is 2.21. The van der Waals surface area contributed by atoms with Crippen LogP contribution < -0.4 is 10.6 Å². The molecule has 0 aliphatic carbocycles. The maximum Gasteiger partial charge on any atom is 0.225 e. The first-order chi connectivity index (χ1) is 7.13. The van der Waals surface area contributed by atoms with Crippen LogP contribution in [0, 0.1) is 0 Å². The highest BCUT2D eigenvalue weighted by Crippen LogP contribution is 2.20. The van der Waals surface area contributed by atoms with Crippen molar-refractivity contribution in [2.45, 2.75) is 13.3 Å². The van der Waals surface area contributed by atoms with Crippen LogP contribution in [0.1, 0.15) is 13.3 Å². The lowest BCUT2D eigenvalue weighted by molar-refractivity contribution is -0.119. The van der Waals surface area contributed by atoms with Crippen LogP contribution in [-0.4, -0.2) is 11.0 Å². The summed E-state index contributed by atoms with van der Waals surface area (Å²) >= 11 is 8.35. The number of halogens is 1. The van der Waals surface area contributed by atoms with Gasteiger partial charge in [-0.05, 0) is 40.3 Å². The zero-order valence-corrected chi connectivity index (χ0v) is 10.6. The maximum absolute atomic E-state index is 11.0. The molecule has 80 valence electrons. The quantitative estimate of drug-likeness (QED) is 0.822. The van der Waals surface area contributed by atoms with E-state index in [4.69, 9.17) is 12.2 Å². The molecule has 0 aliphatic heterocycles. The Morgan fingerprint density at radius 1 is 1.47 bits per heavy atom. The topological polar surface area (TPSA) is 41.1 Å². The second kappa shape index (κ2) is 5.82. The van der Waals surface area contributed by atoms with Gasteiger partial charge in [-0.2, -0.15) is 0 Å². The van der Waals surface area contributed by atoms with E-state index in [1.165, 1.54) is 0 Å². The van der Waals surface area contributed by atoms with Crippen LogP contribution in [-0.2, 0) is 4.79 Å². The summed E-state index contributed by atoms with van der Waals surface area (Å²) in [6.45, 7) is 1.77. The molecule has 1 rings (SSSR count). The van der Waals surface area contributed by atoms with Crippen molar-refractivity contribution < 1.29 is 4.79 Å². The molecule has 0 fully saturated rings. The molecule has 0 heterocycles. The van der Waals surface area contributed by atoms with Crippen molar-refractivity contribution in [1.29, 1.82) is 0 Å². The van der Waals surface area contributed by atoms with E-state index >= 15 is 0 Å². The molecule has 0 bridgehead atoms. The monoisotopic (exact) mass is 286 g/mol. The van der Waals surface area contributed by atoms with Crippen LogP contribution in [0.4, 0.5) is 5.69 Å². The number of thiocarbonyl (C=S) groups is 1. The highest BCUT2D eigenvalue weighted by atomic mass is 79.9. The maximum atomic E-state index is 11.0. The van der Waals surface area contributed by atoms with Gasteiger partial charge in [-0.3, -0.25) is 4.79 Å². The van der Waals surface area contributed by atoms with Crippen molar-refractivity contribution in [2.75, 3.05) is 5.32 Å². The van der Waals surface area contributed by atoms with E-state index in [2.05, 4.69) is 26.6 Å². The molecule has 0 saturated carbocycles. The highest BCUT2D eigenvalue weighted by molar-refractivity contribution is 9.10. The van der Waals surface area contributed by atoms with E-state index in [1.54, 1.807) is 6.92 Å². The Bertz CT molecular complexity index is 381. The van der Waals surface area contributed by atoms with Crippen LogP contribution >= 0.6 is 28.1 Å². The van der Waals surface area contributed by atoms with Gasteiger partial charge in [-0.1, -0.05) is 19.1 Å². The van der Waals surface area contributed by atoms with Gasteiger partial charge < -0.3 is 10.6 Å². The number of benzene rings is 1. The lowest BCUT2D eigenvalue weighted by atomic mass is 10.3. The number of amides is 1. The van der Waals surface area contributed by atoms with Crippen LogP contribution in [0.25, 0.3) is 0 Å². The van der Waals surface area contributed by atoms with Crippen molar-refractivity contribution >= 4 is 44.9 Å². The summed E-state index contributed by atoms with van der Waals surface area (Å²) in [5.41, 5.74) is 0.832. The van der Waals surface area contributed by atoms with E-state index < -0.39 is 0 Å². The molecule has 1 aromatic rings. The van der Waals surface area contributed by atoms with E-state index in [1.807, 2.05) is 24.3 Å². The molecule has 0 radical (unpaired) electrons. The standard InChI is InChI=1S/C10H11BrN2OS/c1-2-9(14)13-10(15)12-8-6-4-3-5-7(8)11/h3-6H,2H2,1H3,(H2,12,13,14,15). The summed E-state index contributed by atoms with van der Waals surface area (Å²) in [6, 6.07) is 7.56. The normalized spacial score (nSPS) is 9.47. The van der Waals surface area contributed by atoms with Gasteiger partial charge >= 0.3 is 0 Å². The number of carbonyl (C=O) groups excluding carboxylic acids is 1. The van der Waals surface area contributed by atoms with E-state index in [-0.39, 0.29) is 5.91 Å². The van der Waals surface area contributed by atoms with Gasteiger partial charge in [0.1, 0.15) is 0 Å². The van der Waals surface area contributed by atoms with E-state index in [0.29, 0.717) is 11.5 Å². The first kappa shape index (κ1) is 12.1. The summed E-state index contributed by atoms with van der Waals surface area (Å²) in [7, 11) is 0. The predicted octanol–water partition coefficient (Wildman–Crippen LogP) is 2.67. The number of para-hydroxylation sites is 1. The SMILES string of the molecule is CCC(=O)NC(=S)Nc1ccccc1Br. The Kier molecular flexibility index (Phi) is 4.71. The molecular weight excluding hydrogens is 276 g/mol. The van der Waals surface area contributed by atoms with Gasteiger partial charge in [0.2, 0.25) is 5.91 Å². The molecule has 1 amide bonds. The van der Waals surface area contributed by atoms with Gasteiger partial charge in [-0.15, -0.1) is 0 Å². The fourth-order valence-corrected chi connectivity index (χ4v) is 1.54. The number of carbonyl (C=O) groups is 1. The Hall–Kier alpha value is -0.940. The minimum Gasteiger partial charge on any atom is -0.331 e. The molecule has 0 saturated heterocycles. The average molecular weight is 287 g/mol. The number of hydrogen-bond acceptors (Lipinski definition) is 2. The largest absolute Gasteiger partial charge is 0.331 e. The first-order valence-corrected chi connectivity index (χ1v) is 5.69. The lowest BCUT2D eigenvalue weighted by Gasteiger charge is -2.09. The molecule has 0 spiro atoms. The molecule has 0 aromatic heterocycles. The summed E-state index contributed by atoms with van der Waals surface area (Å²) in [6.07, 6.45) is 0.414. The first-order valence-electron chi connectivity index (χ1n) is 4.49. The van der Waals surface area contributed by atoms with Crippen molar-refractivity contribution in [1.82, 2.24) is 5.32 Å². The molecule has 0 aliphatic rings. The molecule has 2 N–H and O–H groups in total. The lowest BCUT2D eigenvalue weighted by Crippen LogP contribution is -2.33. The van der Waals surface area contributed by atoms with E-state index in [9.17, 15) is 4.79 Å². The molecule has 15 heavy (non-hydrogen) atoms. The summed E-state index contributed by atoms with van der Waals surface area (Å²) < 4.78 is 0.901. The number of rotatable bonds is 2. The van der Waals surface area contributed by atoms with Crippen molar-refractivity contribution in [3.8, 4) is 0 Å². The number of nitrogens with one attached hydrogen (secondary N) is 2. The molecule has 3 nitrogen and oxygen atoms in total. The highest BCUT2D eigenvalue weighted by Gasteiger charge is 2.03. The van der Waals surface area contributed by atoms with Crippen LogP contribution in [0.2, 0.25) is 0 Å². The minimum atomic E-state index is -0.0976. The fraction of sp³-hybridized carbons (Fsp3) is 0.200. The molecule has 5 heteroatoms. The fourth-order valence-electron chi connectivity index (χ4n) is 0.931. The molecule has 1 aromatic carbocycles. The van der Waals surface area contributed by atoms with Crippen LogP contribution in [0.15, 0.2) is 28.7 Å². The van der Waals surface area contributed by atoms with Crippen molar-refractivity contribution in [3.05, 3.63) is 28.7 Å². The Balaban J connectivity index is 2.59. The summed E-state index contributed by atoms with van der Waals surface area (Å²) in [5, 5.41) is 5.81. The second-order valence-corrected chi connectivity index (χ2v) is 4.10. The third kappa shape index (κ3) is 3.97. The Morgan fingerprint density at radius 2 is 2.13 bits per heavy atom. The summed E-state index contributed by atoms with van der Waals surface area (Å²) in [4.78, 5) is 11.0. The van der Waals surface area contributed by atoms with Crippen molar-refractivity contribution in [2.24, 2.45) is 0 Å². The van der Waals surface area contributed by atoms with Crippen LogP contribution in [0.3, 0.4) is 0 Å². The van der Waals surface area contributed by atoms with Gasteiger partial charge in [0.05, 0.1) is 5.69 Å². The Labute approximate surface area is 102 Å². The van der Waals surface area contributed by atoms with Gasteiger partial charge in [0, 0.05) is 10.9 Å². The van der Waals surface area contributed by atoms with Gasteiger partial charge in [0.25, 0.3) is 0 Å². The third-order valence-corrected chi connectivity index (χ3v) is 2.59. The number of anilines is 1. The zero-order valence-electron chi connectivity index (χ0n) is 8.21. The Morgan fingerprint density at radius 3 is 2.73 bits per heavy atom. The predicted molar refractivity (Wildman–Crippen MR) is 68.8 cm³/mol. The minimum absolute atomic E-state index is 0.0976. The van der Waals surface area contributed by atoms with Gasteiger partial charge in [-0.25, -0.2) is 0 Å². The number of hydrogen-bond donors (Lipinski definition) is 2. The molecule has 0 atom stereocenters. The third-order valence-electron chi connectivity index (χ3n) is 1.70. The summed E-state index contributed by atoms with van der Waals surface area (Å²) in [5.74, 6) is -0.0976. The van der Waals surface area contributed by atoms with E-state index in [0.717, 1.165) is 10.2 Å². The zero-order chi connectivity index (χ0) is 11.3. The smallest absolute Gasteiger partial charge is 0.225 e. The molecule has 0 unspecified atom stereocenters.